The van der Waals surface area contributed by atoms with Crippen molar-refractivity contribution in [3.05, 3.63) is 112 Å². The fourth-order valence-corrected chi connectivity index (χ4v) is 5.58. The third-order valence-corrected chi connectivity index (χ3v) is 7.64. The lowest BCUT2D eigenvalue weighted by Gasteiger charge is -2.28. The number of benzene rings is 2. The predicted octanol–water partition coefficient (Wildman–Crippen LogP) is 5.27. The minimum atomic E-state index is -0.594. The summed E-state index contributed by atoms with van der Waals surface area (Å²) in [6.45, 7) is 3.35. The minimum Gasteiger partial charge on any atom is -0.459 e. The molecular weight excluding hydrogens is 480 g/mol. The number of pyridine rings is 1. The molecule has 0 spiro atoms. The Morgan fingerprint density at radius 3 is 2.65 bits per heavy atom. The molecule has 1 aliphatic heterocycles. The number of rotatable bonds is 7. The minimum absolute atomic E-state index is 0.247. The molecule has 0 bridgehead atoms. The lowest BCUT2D eigenvalue weighted by molar-refractivity contribution is 0.245. The van der Waals surface area contributed by atoms with Crippen molar-refractivity contribution in [2.45, 2.75) is 32.0 Å². The van der Waals surface area contributed by atoms with E-state index in [1.807, 2.05) is 6.07 Å². The Labute approximate surface area is 219 Å². The van der Waals surface area contributed by atoms with Crippen LogP contribution in [0.3, 0.4) is 0 Å². The first kappa shape index (κ1) is 23.2. The van der Waals surface area contributed by atoms with Crippen molar-refractivity contribution < 1.29 is 4.74 Å². The number of fused-ring (bicyclic) bond motifs is 2. The average Bonchev–Trinajstić information content (AvgIpc) is 3.37. The predicted molar refractivity (Wildman–Crippen MR) is 142 cm³/mol. The Morgan fingerprint density at radius 2 is 1.81 bits per heavy atom. The van der Waals surface area contributed by atoms with Crippen LogP contribution in [0.4, 0.5) is 0 Å². The summed E-state index contributed by atoms with van der Waals surface area (Å²) in [5, 5.41) is 10.5. The summed E-state index contributed by atoms with van der Waals surface area (Å²) in [4.78, 5) is 19.9. The van der Waals surface area contributed by atoms with E-state index >= 15 is 0 Å². The quantitative estimate of drug-likeness (QED) is 0.298. The van der Waals surface area contributed by atoms with Crippen molar-refractivity contribution in [3.8, 4) is 12.1 Å². The van der Waals surface area contributed by atoms with Crippen molar-refractivity contribution in [2.24, 2.45) is 0 Å². The van der Waals surface area contributed by atoms with E-state index in [2.05, 4.69) is 79.4 Å². The maximum atomic E-state index is 9.85. The SMILES string of the molecule is N#CC(c1ccnc(OCc2ccc(CN3CCc4ccccc4C3)cc2)n1)c1nc2cnccc2s1. The molecule has 0 radical (unpaired) electrons. The first-order chi connectivity index (χ1) is 18.2. The standard InChI is InChI=1S/C29H24N6OS/c30-15-24(28-33-26-16-31-12-10-27(26)37-28)25-9-13-32-29(34-25)36-19-21-7-5-20(6-8-21)17-35-14-11-22-3-1-2-4-23(22)18-35/h1-10,12-13,16,24H,11,14,17-19H2. The van der Waals surface area contributed by atoms with E-state index in [1.54, 1.807) is 24.7 Å². The number of aromatic nitrogens is 4. The van der Waals surface area contributed by atoms with Gasteiger partial charge in [-0.15, -0.1) is 11.3 Å². The first-order valence-corrected chi connectivity index (χ1v) is 13.0. The van der Waals surface area contributed by atoms with Crippen molar-refractivity contribution in [1.29, 1.82) is 5.26 Å². The summed E-state index contributed by atoms with van der Waals surface area (Å²) < 4.78 is 6.87. The molecule has 0 N–H and O–H groups in total. The second-order valence-corrected chi connectivity index (χ2v) is 10.1. The van der Waals surface area contributed by atoms with Crippen molar-refractivity contribution in [2.75, 3.05) is 6.54 Å². The number of nitriles is 1. The molecule has 0 saturated carbocycles. The second-order valence-electron chi connectivity index (χ2n) is 9.06. The van der Waals surface area contributed by atoms with Gasteiger partial charge in [-0.1, -0.05) is 48.5 Å². The molecule has 6 rings (SSSR count). The lowest BCUT2D eigenvalue weighted by Crippen LogP contribution is -2.29. The monoisotopic (exact) mass is 504 g/mol. The normalized spacial score (nSPS) is 14.1. The van der Waals surface area contributed by atoms with Gasteiger partial charge in [-0.3, -0.25) is 9.88 Å². The largest absolute Gasteiger partial charge is 0.459 e. The van der Waals surface area contributed by atoms with E-state index in [4.69, 9.17) is 4.74 Å². The molecule has 37 heavy (non-hydrogen) atoms. The summed E-state index contributed by atoms with van der Waals surface area (Å²) in [7, 11) is 0. The van der Waals surface area contributed by atoms with Crippen molar-refractivity contribution in [3.63, 3.8) is 0 Å². The van der Waals surface area contributed by atoms with Crippen LogP contribution in [0.5, 0.6) is 6.01 Å². The molecular formula is C29H24N6OS. The van der Waals surface area contributed by atoms with E-state index in [0.29, 0.717) is 17.3 Å². The third kappa shape index (κ3) is 5.19. The molecule has 2 aromatic carbocycles. The third-order valence-electron chi connectivity index (χ3n) is 6.54. The number of ether oxygens (including phenoxy) is 1. The molecule has 0 saturated heterocycles. The van der Waals surface area contributed by atoms with Gasteiger partial charge in [0.25, 0.3) is 0 Å². The zero-order valence-corrected chi connectivity index (χ0v) is 20.9. The van der Waals surface area contributed by atoms with Gasteiger partial charge in [0, 0.05) is 32.0 Å². The van der Waals surface area contributed by atoms with Crippen LogP contribution in [0.1, 0.15) is 38.9 Å². The van der Waals surface area contributed by atoms with Gasteiger partial charge in [0.15, 0.2) is 0 Å². The molecule has 3 aromatic heterocycles. The molecule has 1 aliphatic rings. The average molecular weight is 505 g/mol. The number of thiazole rings is 1. The highest BCUT2D eigenvalue weighted by Gasteiger charge is 2.21. The molecule has 4 heterocycles. The Hall–Kier alpha value is -4.19. The van der Waals surface area contributed by atoms with Gasteiger partial charge in [0.2, 0.25) is 0 Å². The van der Waals surface area contributed by atoms with Crippen LogP contribution in [0, 0.1) is 11.3 Å². The second kappa shape index (κ2) is 10.4. The topological polar surface area (TPSA) is 87.8 Å². The van der Waals surface area contributed by atoms with E-state index in [-0.39, 0.29) is 6.01 Å². The fourth-order valence-electron chi connectivity index (χ4n) is 4.59. The van der Waals surface area contributed by atoms with Crippen LogP contribution >= 0.6 is 11.3 Å². The van der Waals surface area contributed by atoms with E-state index in [9.17, 15) is 5.26 Å². The molecule has 0 fully saturated rings. The van der Waals surface area contributed by atoms with E-state index in [1.165, 1.54) is 28.0 Å². The zero-order valence-electron chi connectivity index (χ0n) is 20.1. The Bertz CT molecular complexity index is 1540. The molecule has 1 unspecified atom stereocenters. The summed E-state index contributed by atoms with van der Waals surface area (Å²) in [6, 6.07) is 23.4. The van der Waals surface area contributed by atoms with Crippen LogP contribution < -0.4 is 4.74 Å². The summed E-state index contributed by atoms with van der Waals surface area (Å²) in [5.74, 6) is -0.594. The molecule has 1 atom stereocenters. The molecule has 0 aliphatic carbocycles. The van der Waals surface area contributed by atoms with E-state index in [0.717, 1.165) is 41.8 Å². The highest BCUT2D eigenvalue weighted by molar-refractivity contribution is 7.18. The molecule has 182 valence electrons. The van der Waals surface area contributed by atoms with Crippen LogP contribution in [0.25, 0.3) is 10.2 Å². The van der Waals surface area contributed by atoms with Gasteiger partial charge >= 0.3 is 6.01 Å². The molecule has 5 aromatic rings. The van der Waals surface area contributed by atoms with Crippen LogP contribution in [-0.2, 0) is 26.1 Å². The van der Waals surface area contributed by atoms with Gasteiger partial charge in [-0.05, 0) is 40.8 Å². The van der Waals surface area contributed by atoms with E-state index < -0.39 is 5.92 Å². The van der Waals surface area contributed by atoms with Crippen molar-refractivity contribution in [1.82, 2.24) is 24.8 Å². The molecule has 0 amide bonds. The van der Waals surface area contributed by atoms with Crippen molar-refractivity contribution >= 4 is 21.6 Å². The maximum absolute atomic E-state index is 9.85. The number of nitrogens with zero attached hydrogens (tertiary/aromatic N) is 6. The first-order valence-electron chi connectivity index (χ1n) is 12.2. The smallest absolute Gasteiger partial charge is 0.316 e. The molecule has 8 heteroatoms. The number of hydrogen-bond acceptors (Lipinski definition) is 8. The zero-order chi connectivity index (χ0) is 25.0. The van der Waals surface area contributed by atoms with Gasteiger partial charge in [0.05, 0.1) is 28.2 Å². The van der Waals surface area contributed by atoms with Gasteiger partial charge < -0.3 is 4.74 Å². The maximum Gasteiger partial charge on any atom is 0.316 e. The summed E-state index contributed by atoms with van der Waals surface area (Å²) in [6.07, 6.45) is 6.15. The van der Waals surface area contributed by atoms with Gasteiger partial charge in [0.1, 0.15) is 17.5 Å². The van der Waals surface area contributed by atoms with Crippen LogP contribution in [0.2, 0.25) is 0 Å². The Morgan fingerprint density at radius 1 is 0.973 bits per heavy atom. The lowest BCUT2D eigenvalue weighted by atomic mass is 9.99. The summed E-state index contributed by atoms with van der Waals surface area (Å²) in [5.41, 5.74) is 6.57. The van der Waals surface area contributed by atoms with Crippen LogP contribution in [0.15, 0.2) is 79.3 Å². The number of hydrogen-bond donors (Lipinski definition) is 0. The van der Waals surface area contributed by atoms with Gasteiger partial charge in [-0.2, -0.15) is 10.2 Å². The fraction of sp³-hybridized carbons (Fsp3) is 0.207. The Balaban J connectivity index is 1.09. The highest BCUT2D eigenvalue weighted by atomic mass is 32.1. The highest BCUT2D eigenvalue weighted by Crippen LogP contribution is 2.30. The Kier molecular flexibility index (Phi) is 6.55. The van der Waals surface area contributed by atoms with Crippen LogP contribution in [-0.4, -0.2) is 31.4 Å². The van der Waals surface area contributed by atoms with Gasteiger partial charge in [-0.25, -0.2) is 9.97 Å². The summed E-state index contributed by atoms with van der Waals surface area (Å²) >= 11 is 1.47. The molecule has 7 nitrogen and oxygen atoms in total.